The maximum Gasteiger partial charge on any atom is 0.261 e. The Balaban J connectivity index is 1.51. The maximum absolute atomic E-state index is 13.2. The first-order valence-electron chi connectivity index (χ1n) is 10.5. The smallest absolute Gasteiger partial charge is 0.261 e. The Morgan fingerprint density at radius 3 is 2.56 bits per heavy atom. The Morgan fingerprint density at radius 1 is 0.969 bits per heavy atom. The molecular weight excluding hydrogens is 406 g/mol. The van der Waals surface area contributed by atoms with E-state index in [4.69, 9.17) is 9.47 Å². The van der Waals surface area contributed by atoms with Crippen LogP contribution in [0.25, 0.3) is 10.8 Å². The zero-order valence-corrected chi connectivity index (χ0v) is 18.0. The number of carbonyl (C=O) groups is 2. The van der Waals surface area contributed by atoms with E-state index in [1.165, 1.54) is 4.90 Å². The van der Waals surface area contributed by atoms with E-state index in [-0.39, 0.29) is 11.8 Å². The van der Waals surface area contributed by atoms with Crippen molar-refractivity contribution in [2.45, 2.75) is 0 Å². The van der Waals surface area contributed by atoms with E-state index in [1.807, 2.05) is 55.4 Å². The number of amides is 2. The molecule has 5 rings (SSSR count). The lowest BCUT2D eigenvalue weighted by atomic mass is 9.93. The minimum Gasteiger partial charge on any atom is -0.486 e. The minimum absolute atomic E-state index is 0.248. The molecule has 3 aromatic carbocycles. The van der Waals surface area contributed by atoms with Gasteiger partial charge in [-0.1, -0.05) is 12.1 Å². The molecule has 2 heterocycles. The van der Waals surface area contributed by atoms with Crippen molar-refractivity contribution in [3.05, 3.63) is 65.2 Å². The first kappa shape index (κ1) is 20.2. The quantitative estimate of drug-likeness (QED) is 0.458. The van der Waals surface area contributed by atoms with Crippen LogP contribution >= 0.6 is 0 Å². The standard InChI is InChI=1S/C25H23N3O4/c1-27(2)8-9-28-24(29)19-5-3-4-17-13-18(14-20(23(17)19)25(28)30)26-15-16-6-7-21-22(12-16)32-11-10-31-21/h3-7,12-15H,8-11H2,1-2H3. The van der Waals surface area contributed by atoms with Crippen LogP contribution in [0.5, 0.6) is 11.5 Å². The van der Waals surface area contributed by atoms with Gasteiger partial charge in [0.25, 0.3) is 11.8 Å². The summed E-state index contributed by atoms with van der Waals surface area (Å²) in [5.74, 6) is 0.896. The Hall–Kier alpha value is -3.71. The van der Waals surface area contributed by atoms with Crippen molar-refractivity contribution in [1.29, 1.82) is 0 Å². The van der Waals surface area contributed by atoms with Crippen molar-refractivity contribution in [1.82, 2.24) is 9.80 Å². The van der Waals surface area contributed by atoms with Crippen LogP contribution < -0.4 is 9.47 Å². The lowest BCUT2D eigenvalue weighted by Crippen LogP contribution is -2.43. The average Bonchev–Trinajstić information content (AvgIpc) is 2.80. The second-order valence-corrected chi connectivity index (χ2v) is 8.12. The van der Waals surface area contributed by atoms with Crippen molar-refractivity contribution in [2.75, 3.05) is 40.4 Å². The third kappa shape index (κ3) is 3.61. The SMILES string of the molecule is CN(C)CCN1C(=O)c2cccc3cc(N=Cc4ccc5c(c4)OCCO5)cc(c23)C1=O. The normalized spacial score (nSPS) is 15.3. The van der Waals surface area contributed by atoms with Crippen LogP contribution in [0.2, 0.25) is 0 Å². The van der Waals surface area contributed by atoms with E-state index in [0.29, 0.717) is 54.3 Å². The molecule has 0 spiro atoms. The summed E-state index contributed by atoms with van der Waals surface area (Å²) < 4.78 is 11.2. The van der Waals surface area contributed by atoms with Crippen molar-refractivity contribution in [3.63, 3.8) is 0 Å². The summed E-state index contributed by atoms with van der Waals surface area (Å²) in [6.07, 6.45) is 1.73. The van der Waals surface area contributed by atoms with Gasteiger partial charge in [0.1, 0.15) is 13.2 Å². The fraction of sp³-hybridized carbons (Fsp3) is 0.240. The van der Waals surface area contributed by atoms with Crippen molar-refractivity contribution in [2.24, 2.45) is 4.99 Å². The Morgan fingerprint density at radius 2 is 1.75 bits per heavy atom. The van der Waals surface area contributed by atoms with Gasteiger partial charge in [-0.2, -0.15) is 0 Å². The number of likely N-dealkylation sites (N-methyl/N-ethyl adjacent to an activating group) is 1. The topological polar surface area (TPSA) is 71.4 Å². The minimum atomic E-state index is -0.281. The highest BCUT2D eigenvalue weighted by molar-refractivity contribution is 6.26. The number of ether oxygens (including phenoxy) is 2. The van der Waals surface area contributed by atoms with Gasteiger partial charge in [0.15, 0.2) is 11.5 Å². The summed E-state index contributed by atoms with van der Waals surface area (Å²) in [6.45, 7) is 2.01. The summed E-state index contributed by atoms with van der Waals surface area (Å²) >= 11 is 0. The molecule has 32 heavy (non-hydrogen) atoms. The van der Waals surface area contributed by atoms with Gasteiger partial charge in [-0.3, -0.25) is 19.5 Å². The Kier molecular flexibility index (Phi) is 5.11. The molecule has 0 saturated carbocycles. The van der Waals surface area contributed by atoms with Gasteiger partial charge in [-0.15, -0.1) is 0 Å². The molecule has 0 fully saturated rings. The highest BCUT2D eigenvalue weighted by Crippen LogP contribution is 2.34. The van der Waals surface area contributed by atoms with E-state index < -0.39 is 0 Å². The second kappa shape index (κ2) is 8.09. The van der Waals surface area contributed by atoms with E-state index in [0.717, 1.165) is 16.7 Å². The van der Waals surface area contributed by atoms with Crippen LogP contribution in [0.15, 0.2) is 53.5 Å². The van der Waals surface area contributed by atoms with Crippen LogP contribution in [-0.2, 0) is 0 Å². The average molecular weight is 429 g/mol. The van der Waals surface area contributed by atoms with E-state index in [2.05, 4.69) is 4.99 Å². The third-order valence-electron chi connectivity index (χ3n) is 5.61. The van der Waals surface area contributed by atoms with E-state index in [1.54, 1.807) is 18.3 Å². The van der Waals surface area contributed by atoms with Crippen LogP contribution in [0, 0.1) is 0 Å². The fourth-order valence-electron chi connectivity index (χ4n) is 4.01. The van der Waals surface area contributed by atoms with Crippen LogP contribution in [0.3, 0.4) is 0 Å². The molecule has 0 aromatic heterocycles. The monoisotopic (exact) mass is 429 g/mol. The first-order chi connectivity index (χ1) is 15.5. The van der Waals surface area contributed by atoms with Crippen LogP contribution in [0.1, 0.15) is 26.3 Å². The summed E-state index contributed by atoms with van der Waals surface area (Å²) in [6, 6.07) is 14.8. The predicted molar refractivity (Wildman–Crippen MR) is 123 cm³/mol. The zero-order valence-electron chi connectivity index (χ0n) is 18.0. The molecule has 3 aromatic rings. The molecule has 0 bridgehead atoms. The molecule has 0 aliphatic carbocycles. The lowest BCUT2D eigenvalue weighted by molar-refractivity contribution is 0.0601. The Bertz CT molecular complexity index is 1270. The highest BCUT2D eigenvalue weighted by atomic mass is 16.6. The molecule has 162 valence electrons. The molecule has 2 aliphatic rings. The third-order valence-corrected chi connectivity index (χ3v) is 5.61. The number of imide groups is 1. The predicted octanol–water partition coefficient (Wildman–Crippen LogP) is 3.52. The molecular formula is C25H23N3O4. The Labute approximate surface area is 185 Å². The first-order valence-corrected chi connectivity index (χ1v) is 10.5. The number of hydrogen-bond acceptors (Lipinski definition) is 6. The fourth-order valence-corrected chi connectivity index (χ4v) is 4.01. The zero-order chi connectivity index (χ0) is 22.2. The number of hydrogen-bond donors (Lipinski definition) is 0. The molecule has 0 unspecified atom stereocenters. The van der Waals surface area contributed by atoms with Gasteiger partial charge in [0, 0.05) is 30.3 Å². The lowest BCUT2D eigenvalue weighted by Gasteiger charge is -2.28. The number of rotatable bonds is 5. The van der Waals surface area contributed by atoms with Crippen LogP contribution in [-0.4, -0.2) is 68.2 Å². The molecule has 0 radical (unpaired) electrons. The maximum atomic E-state index is 13.2. The number of fused-ring (bicyclic) bond motifs is 1. The highest BCUT2D eigenvalue weighted by Gasteiger charge is 2.32. The van der Waals surface area contributed by atoms with Crippen molar-refractivity contribution in [3.8, 4) is 11.5 Å². The van der Waals surface area contributed by atoms with E-state index >= 15 is 0 Å². The van der Waals surface area contributed by atoms with Gasteiger partial charge >= 0.3 is 0 Å². The number of aliphatic imine (C=N–C) groups is 1. The molecule has 2 aliphatic heterocycles. The summed E-state index contributed by atoms with van der Waals surface area (Å²) in [5.41, 5.74) is 2.57. The van der Waals surface area contributed by atoms with Gasteiger partial charge in [0.05, 0.1) is 11.3 Å². The molecule has 2 amide bonds. The molecule has 7 nitrogen and oxygen atoms in total. The molecule has 0 saturated heterocycles. The number of nitrogens with zero attached hydrogens (tertiary/aromatic N) is 3. The van der Waals surface area contributed by atoms with Crippen molar-refractivity contribution >= 4 is 34.5 Å². The summed E-state index contributed by atoms with van der Waals surface area (Å²) in [5, 5.41) is 1.52. The van der Waals surface area contributed by atoms with Gasteiger partial charge in [0.2, 0.25) is 0 Å². The van der Waals surface area contributed by atoms with E-state index in [9.17, 15) is 9.59 Å². The van der Waals surface area contributed by atoms with Gasteiger partial charge in [-0.25, -0.2) is 0 Å². The molecule has 7 heteroatoms. The largest absolute Gasteiger partial charge is 0.486 e. The summed E-state index contributed by atoms with van der Waals surface area (Å²) in [7, 11) is 3.83. The number of benzene rings is 3. The second-order valence-electron chi connectivity index (χ2n) is 8.12. The van der Waals surface area contributed by atoms with Crippen LogP contribution in [0.4, 0.5) is 5.69 Å². The number of carbonyl (C=O) groups excluding carboxylic acids is 2. The molecule has 0 N–H and O–H groups in total. The van der Waals surface area contributed by atoms with Crippen molar-refractivity contribution < 1.29 is 19.1 Å². The van der Waals surface area contributed by atoms with Gasteiger partial charge < -0.3 is 14.4 Å². The molecule has 0 atom stereocenters. The summed E-state index contributed by atoms with van der Waals surface area (Å²) in [4.78, 5) is 34.1. The van der Waals surface area contributed by atoms with Gasteiger partial charge in [-0.05, 0) is 61.4 Å².